The quantitative estimate of drug-likeness (QED) is 0.634. The lowest BCUT2D eigenvalue weighted by molar-refractivity contribution is 0.240. The van der Waals surface area contributed by atoms with Crippen LogP contribution >= 0.6 is 0 Å². The number of hydrogen-bond acceptors (Lipinski definition) is 5. The molecule has 2 bridgehead atoms. The molecule has 2 amide bonds. The Balaban J connectivity index is 1.24. The summed E-state index contributed by atoms with van der Waals surface area (Å²) in [5, 5.41) is 3.32. The molecule has 7 nitrogen and oxygen atoms in total. The number of nitrogens with one attached hydrogen (secondary N) is 2. The maximum absolute atomic E-state index is 13.2. The Hall–Kier alpha value is -2.19. The smallest absolute Gasteiger partial charge is 0.331 e. The summed E-state index contributed by atoms with van der Waals surface area (Å²) in [5.74, 6) is 0.387. The van der Waals surface area contributed by atoms with E-state index in [4.69, 9.17) is 10.7 Å². The van der Waals surface area contributed by atoms with E-state index >= 15 is 0 Å². The molecule has 3 heterocycles. The second-order valence-electron chi connectivity index (χ2n) is 10.2. The molecule has 0 aromatic heterocycles. The Morgan fingerprint density at radius 1 is 1.03 bits per heavy atom. The van der Waals surface area contributed by atoms with Crippen LogP contribution in [0.25, 0.3) is 0 Å². The van der Waals surface area contributed by atoms with Gasteiger partial charge in [-0.25, -0.2) is 9.00 Å². The molecule has 8 heteroatoms. The normalized spacial score (nSPS) is 29.4. The second-order valence-corrected chi connectivity index (χ2v) is 11.4. The molecule has 1 saturated carbocycles. The lowest BCUT2D eigenvalue weighted by Gasteiger charge is -2.25. The lowest BCUT2D eigenvalue weighted by atomic mass is 9.91. The second kappa shape index (κ2) is 8.55. The fourth-order valence-electron chi connectivity index (χ4n) is 6.06. The van der Waals surface area contributed by atoms with Crippen LogP contribution in [0.5, 0.6) is 0 Å². The summed E-state index contributed by atoms with van der Waals surface area (Å²) < 4.78 is 15.8. The largest absolute Gasteiger partial charge is 0.390 e. The molecular formula is C25H33N5O2S. The van der Waals surface area contributed by atoms with E-state index in [-0.39, 0.29) is 5.03 Å². The van der Waals surface area contributed by atoms with Crippen molar-refractivity contribution in [2.45, 2.75) is 70.3 Å². The first kappa shape index (κ1) is 21.4. The summed E-state index contributed by atoms with van der Waals surface area (Å²) in [7, 11) is -1.80. The molecule has 1 atom stereocenters. The van der Waals surface area contributed by atoms with E-state index in [0.29, 0.717) is 18.5 Å². The van der Waals surface area contributed by atoms with Crippen molar-refractivity contribution in [2.24, 2.45) is 16.6 Å². The first-order chi connectivity index (χ1) is 16.1. The first-order valence-electron chi connectivity index (χ1n) is 12.5. The molecule has 3 aliphatic heterocycles. The zero-order valence-electron chi connectivity index (χ0n) is 19.1. The van der Waals surface area contributed by atoms with Gasteiger partial charge in [-0.15, -0.1) is 0 Å². The average molecular weight is 468 g/mol. The van der Waals surface area contributed by atoms with Crippen molar-refractivity contribution in [1.82, 2.24) is 9.62 Å². The third-order valence-electron chi connectivity index (χ3n) is 7.93. The predicted octanol–water partition coefficient (Wildman–Crippen LogP) is 2.95. The number of piperidine rings is 1. The molecule has 33 heavy (non-hydrogen) atoms. The van der Waals surface area contributed by atoms with Crippen molar-refractivity contribution in [3.63, 3.8) is 0 Å². The van der Waals surface area contributed by atoms with Crippen LogP contribution in [0.15, 0.2) is 21.7 Å². The molecule has 1 unspecified atom stereocenters. The number of anilines is 1. The van der Waals surface area contributed by atoms with E-state index in [0.717, 1.165) is 94.3 Å². The third-order valence-corrected chi connectivity index (χ3v) is 8.94. The molecule has 4 N–H and O–H groups in total. The van der Waals surface area contributed by atoms with E-state index in [1.54, 1.807) is 0 Å². The highest BCUT2D eigenvalue weighted by Gasteiger charge is 2.35. The number of benzene rings is 1. The van der Waals surface area contributed by atoms with Crippen molar-refractivity contribution >= 4 is 28.4 Å². The highest BCUT2D eigenvalue weighted by Crippen LogP contribution is 2.38. The zero-order chi connectivity index (χ0) is 22.5. The standard InChI is InChI=1S/C25H33N5O2S/c26-24(21-14-30-11-9-15(10-12-30)22(21)27-18-7-8-18)33(32)29-25(31)28-23-19-5-1-3-16(19)13-17-4-2-6-20(17)23/h13,15,18H,1-12,14,26H2,(H2,28,29,31)/b24-21+,27-22?. The van der Waals surface area contributed by atoms with Gasteiger partial charge in [-0.1, -0.05) is 6.07 Å². The topological polar surface area (TPSA) is 99.8 Å². The van der Waals surface area contributed by atoms with E-state index in [2.05, 4.69) is 21.0 Å². The first-order valence-corrected chi connectivity index (χ1v) is 13.7. The van der Waals surface area contributed by atoms with Crippen molar-refractivity contribution in [2.75, 3.05) is 25.0 Å². The van der Waals surface area contributed by atoms with Gasteiger partial charge in [0.25, 0.3) is 0 Å². The maximum Gasteiger partial charge on any atom is 0.331 e. The fourth-order valence-corrected chi connectivity index (χ4v) is 6.78. The number of aliphatic imine (C=N–C) groups is 1. The van der Waals surface area contributed by atoms with Gasteiger partial charge in [0.1, 0.15) is 5.03 Å². The highest BCUT2D eigenvalue weighted by molar-refractivity contribution is 7.87. The molecule has 1 aromatic carbocycles. The molecule has 7 rings (SSSR count). The summed E-state index contributed by atoms with van der Waals surface area (Å²) in [4.78, 5) is 20.3. The summed E-state index contributed by atoms with van der Waals surface area (Å²) >= 11 is 0. The minimum Gasteiger partial charge on any atom is -0.390 e. The Morgan fingerprint density at radius 3 is 2.33 bits per heavy atom. The molecule has 0 radical (unpaired) electrons. The summed E-state index contributed by atoms with van der Waals surface area (Å²) in [6, 6.07) is 2.29. The van der Waals surface area contributed by atoms with Crippen LogP contribution in [0.1, 0.15) is 60.8 Å². The Labute approximate surface area is 197 Å². The SMILES string of the molecule is N/C(=C1/CN2CCC(CC2)C1=NC1CC1)S(=O)NC(=O)Nc1c2c(cc3c1CCC3)CCC2. The Morgan fingerprint density at radius 2 is 1.70 bits per heavy atom. The molecule has 3 aliphatic carbocycles. The number of fused-ring (bicyclic) bond motifs is 6. The van der Waals surface area contributed by atoms with Crippen LogP contribution < -0.4 is 15.8 Å². The van der Waals surface area contributed by atoms with Crippen molar-refractivity contribution in [3.8, 4) is 0 Å². The highest BCUT2D eigenvalue weighted by atomic mass is 32.2. The van der Waals surface area contributed by atoms with Gasteiger partial charge in [0.15, 0.2) is 11.0 Å². The summed E-state index contributed by atoms with van der Waals surface area (Å²) in [6.45, 7) is 2.72. The molecule has 176 valence electrons. The van der Waals surface area contributed by atoms with Crippen LogP contribution in [0.2, 0.25) is 0 Å². The van der Waals surface area contributed by atoms with E-state index in [1.165, 1.54) is 22.3 Å². The van der Waals surface area contributed by atoms with Gasteiger partial charge in [-0.2, -0.15) is 0 Å². The van der Waals surface area contributed by atoms with Gasteiger partial charge in [0.2, 0.25) is 0 Å². The number of carbonyl (C=O) groups is 1. The van der Waals surface area contributed by atoms with E-state index < -0.39 is 17.0 Å². The number of aryl methyl sites for hydroxylation is 2. The minimum absolute atomic E-state index is 0.256. The number of nitrogens with zero attached hydrogens (tertiary/aromatic N) is 2. The monoisotopic (exact) mass is 467 g/mol. The van der Waals surface area contributed by atoms with Crippen molar-refractivity contribution in [1.29, 1.82) is 0 Å². The van der Waals surface area contributed by atoms with Crippen LogP contribution in [-0.4, -0.2) is 46.5 Å². The Kier molecular flexibility index (Phi) is 5.53. The maximum atomic E-state index is 13.2. The van der Waals surface area contributed by atoms with Crippen LogP contribution in [0, 0.1) is 5.92 Å². The van der Waals surface area contributed by atoms with Gasteiger partial charge in [-0.3, -0.25) is 14.6 Å². The van der Waals surface area contributed by atoms with Gasteiger partial charge in [-0.05, 0) is 99.6 Å². The molecule has 3 saturated heterocycles. The van der Waals surface area contributed by atoms with Crippen LogP contribution in [-0.2, 0) is 36.7 Å². The van der Waals surface area contributed by atoms with Gasteiger partial charge in [0, 0.05) is 29.4 Å². The number of nitrogens with two attached hydrogens (primary N) is 1. The van der Waals surface area contributed by atoms with Crippen molar-refractivity contribution in [3.05, 3.63) is 38.9 Å². The van der Waals surface area contributed by atoms with Gasteiger partial charge >= 0.3 is 6.03 Å². The van der Waals surface area contributed by atoms with E-state index in [9.17, 15) is 9.00 Å². The fraction of sp³-hybridized carbons (Fsp3) is 0.600. The third kappa shape index (κ3) is 4.12. The van der Waals surface area contributed by atoms with Gasteiger partial charge < -0.3 is 11.1 Å². The lowest BCUT2D eigenvalue weighted by Crippen LogP contribution is -2.35. The number of urea groups is 1. The van der Waals surface area contributed by atoms with Crippen LogP contribution in [0.3, 0.4) is 0 Å². The predicted molar refractivity (Wildman–Crippen MR) is 132 cm³/mol. The Bertz CT molecular complexity index is 1050. The van der Waals surface area contributed by atoms with Gasteiger partial charge in [0.05, 0.1) is 6.04 Å². The summed E-state index contributed by atoms with van der Waals surface area (Å²) in [5.41, 5.74) is 14.6. The molecule has 4 fully saturated rings. The number of rotatable bonds is 4. The summed E-state index contributed by atoms with van der Waals surface area (Å²) in [6.07, 6.45) is 10.8. The zero-order valence-corrected chi connectivity index (χ0v) is 19.9. The molecule has 1 aromatic rings. The van der Waals surface area contributed by atoms with Crippen molar-refractivity contribution < 1.29 is 9.00 Å². The number of amides is 2. The number of carbonyl (C=O) groups excluding carboxylic acids is 1. The molecular weight excluding hydrogens is 434 g/mol. The molecule has 6 aliphatic rings. The van der Waals surface area contributed by atoms with E-state index in [1.807, 2.05) is 0 Å². The molecule has 0 spiro atoms. The average Bonchev–Trinajstić information content (AvgIpc) is 3.40. The number of hydrogen-bond donors (Lipinski definition) is 3. The van der Waals surface area contributed by atoms with Crippen LogP contribution in [0.4, 0.5) is 10.5 Å². The minimum atomic E-state index is -1.80.